The number of amides is 1. The molecule has 0 radical (unpaired) electrons. The molecular formula is C12H18N4O2. The lowest BCUT2D eigenvalue weighted by Crippen LogP contribution is -2.39. The van der Waals surface area contributed by atoms with Gasteiger partial charge in [-0.1, -0.05) is 0 Å². The van der Waals surface area contributed by atoms with Crippen LogP contribution in [-0.2, 0) is 0 Å². The molecule has 0 unspecified atom stereocenters. The summed E-state index contributed by atoms with van der Waals surface area (Å²) in [6.45, 7) is 0. The zero-order valence-corrected chi connectivity index (χ0v) is 10.1. The Morgan fingerprint density at radius 3 is 2.61 bits per heavy atom. The van der Waals surface area contributed by atoms with Crippen LogP contribution in [0.25, 0.3) is 0 Å². The first-order chi connectivity index (χ1) is 8.65. The molecule has 5 N–H and O–H groups in total. The Kier molecular flexibility index (Phi) is 3.86. The minimum absolute atomic E-state index is 0.0790. The minimum atomic E-state index is -0.940. The fourth-order valence-corrected chi connectivity index (χ4v) is 2.31. The van der Waals surface area contributed by atoms with Gasteiger partial charge >= 0.3 is 6.09 Å². The second-order valence-electron chi connectivity index (χ2n) is 4.61. The summed E-state index contributed by atoms with van der Waals surface area (Å²) in [5, 5.41) is 14.6. The van der Waals surface area contributed by atoms with Crippen LogP contribution in [0.2, 0.25) is 0 Å². The molecule has 1 saturated carbocycles. The van der Waals surface area contributed by atoms with Crippen LogP contribution in [0.1, 0.15) is 25.7 Å². The Morgan fingerprint density at radius 1 is 1.33 bits per heavy atom. The van der Waals surface area contributed by atoms with Gasteiger partial charge in [-0.05, 0) is 31.7 Å². The summed E-state index contributed by atoms with van der Waals surface area (Å²) in [7, 11) is 0. The molecule has 18 heavy (non-hydrogen) atoms. The molecule has 0 aromatic carbocycles. The summed E-state index contributed by atoms with van der Waals surface area (Å²) in [6, 6.07) is 2.29. The summed E-state index contributed by atoms with van der Waals surface area (Å²) in [6.07, 6.45) is 5.98. The quantitative estimate of drug-likeness (QED) is 0.653. The van der Waals surface area contributed by atoms with Crippen LogP contribution in [0.5, 0.6) is 0 Å². The Hall–Kier alpha value is -1.98. The zero-order valence-electron chi connectivity index (χ0n) is 10.1. The molecule has 0 aliphatic heterocycles. The Bertz CT molecular complexity index is 416. The van der Waals surface area contributed by atoms with Crippen LogP contribution in [-0.4, -0.2) is 28.3 Å². The van der Waals surface area contributed by atoms with Crippen molar-refractivity contribution in [2.24, 2.45) is 0 Å². The van der Waals surface area contributed by atoms with Gasteiger partial charge in [0.2, 0.25) is 0 Å². The third kappa shape index (κ3) is 3.26. The summed E-state index contributed by atoms with van der Waals surface area (Å²) < 4.78 is 0. The fraction of sp³-hybridized carbons (Fsp3) is 0.500. The standard InChI is InChI=1S/C12H18N4O2/c13-10-7-14-6-5-11(10)15-8-1-3-9(4-2-8)16-12(17)18/h5-9,16H,1-4,13H2,(H,14,15)(H,17,18)/t8-,9-. The molecule has 0 spiro atoms. The smallest absolute Gasteiger partial charge is 0.404 e. The maximum Gasteiger partial charge on any atom is 0.404 e. The van der Waals surface area contributed by atoms with E-state index < -0.39 is 6.09 Å². The number of nitrogen functional groups attached to an aromatic ring is 1. The highest BCUT2D eigenvalue weighted by Gasteiger charge is 2.22. The largest absolute Gasteiger partial charge is 0.465 e. The summed E-state index contributed by atoms with van der Waals surface area (Å²) in [5.74, 6) is 0. The Balaban J connectivity index is 1.84. The third-order valence-corrected chi connectivity index (χ3v) is 3.27. The Labute approximate surface area is 106 Å². The average molecular weight is 250 g/mol. The van der Waals surface area contributed by atoms with Crippen LogP contribution in [0.15, 0.2) is 18.5 Å². The minimum Gasteiger partial charge on any atom is -0.465 e. The van der Waals surface area contributed by atoms with Gasteiger partial charge in [0.1, 0.15) is 0 Å². The number of carbonyl (C=O) groups is 1. The van der Waals surface area contributed by atoms with Crippen molar-refractivity contribution in [3.63, 3.8) is 0 Å². The number of hydrogen-bond acceptors (Lipinski definition) is 4. The normalized spacial score (nSPS) is 23.3. The van der Waals surface area contributed by atoms with Crippen molar-refractivity contribution in [2.75, 3.05) is 11.1 Å². The van der Waals surface area contributed by atoms with Gasteiger partial charge in [-0.3, -0.25) is 4.98 Å². The van der Waals surface area contributed by atoms with Crippen LogP contribution < -0.4 is 16.4 Å². The molecule has 0 saturated heterocycles. The second kappa shape index (κ2) is 5.57. The zero-order chi connectivity index (χ0) is 13.0. The first kappa shape index (κ1) is 12.5. The van der Waals surface area contributed by atoms with Crippen molar-refractivity contribution >= 4 is 17.5 Å². The summed E-state index contributed by atoms with van der Waals surface area (Å²) >= 11 is 0. The lowest BCUT2D eigenvalue weighted by Gasteiger charge is -2.29. The van der Waals surface area contributed by atoms with Crippen LogP contribution in [0.4, 0.5) is 16.2 Å². The van der Waals surface area contributed by atoms with E-state index in [4.69, 9.17) is 10.8 Å². The highest BCUT2D eigenvalue weighted by molar-refractivity contribution is 5.65. The molecular weight excluding hydrogens is 232 g/mol. The van der Waals surface area contributed by atoms with Crippen LogP contribution in [0, 0.1) is 0 Å². The molecule has 0 bridgehead atoms. The van der Waals surface area contributed by atoms with Crippen molar-refractivity contribution in [3.05, 3.63) is 18.5 Å². The lowest BCUT2D eigenvalue weighted by molar-refractivity contribution is 0.185. The predicted octanol–water partition coefficient (Wildman–Crippen LogP) is 1.65. The van der Waals surface area contributed by atoms with Crippen molar-refractivity contribution in [2.45, 2.75) is 37.8 Å². The number of nitrogens with two attached hydrogens (primary N) is 1. The third-order valence-electron chi connectivity index (χ3n) is 3.27. The highest BCUT2D eigenvalue weighted by atomic mass is 16.4. The molecule has 6 nitrogen and oxygen atoms in total. The van der Waals surface area contributed by atoms with Gasteiger partial charge in [0.15, 0.2) is 0 Å². The molecule has 1 fully saturated rings. The van der Waals surface area contributed by atoms with Gasteiger partial charge in [0.05, 0.1) is 17.6 Å². The molecule has 2 rings (SSSR count). The SMILES string of the molecule is Nc1cnccc1N[C@H]1CC[C@H](NC(=O)O)CC1. The number of pyridine rings is 1. The van der Waals surface area contributed by atoms with E-state index in [1.807, 2.05) is 6.07 Å². The van der Waals surface area contributed by atoms with Gasteiger partial charge in [-0.15, -0.1) is 0 Å². The van der Waals surface area contributed by atoms with E-state index in [1.54, 1.807) is 12.4 Å². The number of hydrogen-bond donors (Lipinski definition) is 4. The number of nitrogens with one attached hydrogen (secondary N) is 2. The van der Waals surface area contributed by atoms with Gasteiger partial charge in [-0.2, -0.15) is 0 Å². The topological polar surface area (TPSA) is 100 Å². The molecule has 1 amide bonds. The molecule has 6 heteroatoms. The van der Waals surface area contributed by atoms with Crippen LogP contribution >= 0.6 is 0 Å². The maximum atomic E-state index is 10.5. The van der Waals surface area contributed by atoms with Gasteiger partial charge in [-0.25, -0.2) is 4.79 Å². The Morgan fingerprint density at radius 2 is 2.00 bits per heavy atom. The van der Waals surface area contributed by atoms with E-state index >= 15 is 0 Å². The molecule has 1 aliphatic rings. The number of nitrogens with zero attached hydrogens (tertiary/aromatic N) is 1. The van der Waals surface area contributed by atoms with Gasteiger partial charge < -0.3 is 21.5 Å². The molecule has 1 heterocycles. The monoisotopic (exact) mass is 250 g/mol. The first-order valence-electron chi connectivity index (χ1n) is 6.10. The van der Waals surface area contributed by atoms with E-state index in [0.29, 0.717) is 11.7 Å². The van der Waals surface area contributed by atoms with Gasteiger partial charge in [0.25, 0.3) is 0 Å². The maximum absolute atomic E-state index is 10.5. The van der Waals surface area contributed by atoms with E-state index in [-0.39, 0.29) is 6.04 Å². The van der Waals surface area contributed by atoms with Crippen molar-refractivity contribution in [3.8, 4) is 0 Å². The van der Waals surface area contributed by atoms with Crippen molar-refractivity contribution in [1.82, 2.24) is 10.3 Å². The van der Waals surface area contributed by atoms with E-state index in [1.165, 1.54) is 0 Å². The molecule has 0 atom stereocenters. The van der Waals surface area contributed by atoms with Gasteiger partial charge in [0, 0.05) is 18.3 Å². The number of rotatable bonds is 3. The molecule has 1 aromatic heterocycles. The number of anilines is 2. The summed E-state index contributed by atoms with van der Waals surface area (Å²) in [4.78, 5) is 14.5. The average Bonchev–Trinajstić information content (AvgIpc) is 2.34. The van der Waals surface area contributed by atoms with E-state index in [0.717, 1.165) is 31.4 Å². The van der Waals surface area contributed by atoms with Crippen molar-refractivity contribution < 1.29 is 9.90 Å². The number of aromatic nitrogens is 1. The first-order valence-corrected chi connectivity index (χ1v) is 6.10. The second-order valence-corrected chi connectivity index (χ2v) is 4.61. The number of carboxylic acid groups (broad SMARTS) is 1. The molecule has 98 valence electrons. The van der Waals surface area contributed by atoms with E-state index in [9.17, 15) is 4.79 Å². The fourth-order valence-electron chi connectivity index (χ4n) is 2.31. The highest BCUT2D eigenvalue weighted by Crippen LogP contribution is 2.24. The van der Waals surface area contributed by atoms with Crippen LogP contribution in [0.3, 0.4) is 0 Å². The summed E-state index contributed by atoms with van der Waals surface area (Å²) in [5.41, 5.74) is 7.36. The molecule has 1 aliphatic carbocycles. The predicted molar refractivity (Wildman–Crippen MR) is 69.5 cm³/mol. The van der Waals surface area contributed by atoms with E-state index in [2.05, 4.69) is 15.6 Å². The lowest BCUT2D eigenvalue weighted by atomic mass is 9.91. The van der Waals surface area contributed by atoms with Crippen molar-refractivity contribution in [1.29, 1.82) is 0 Å². The molecule has 1 aromatic rings.